The molecule has 5 nitrogen and oxygen atoms in total. The van der Waals surface area contributed by atoms with E-state index in [1.54, 1.807) is 6.07 Å². The zero-order valence-electron chi connectivity index (χ0n) is 21.9. The summed E-state index contributed by atoms with van der Waals surface area (Å²) in [5.74, 6) is 0.293. The molecule has 0 saturated heterocycles. The number of carbonyl (C=O) groups excluding carboxylic acids is 2. The van der Waals surface area contributed by atoms with E-state index >= 15 is 0 Å². The minimum atomic E-state index is -0.554. The Morgan fingerprint density at radius 2 is 1.40 bits per heavy atom. The van der Waals surface area contributed by atoms with Gasteiger partial charge in [-0.15, -0.1) is 0 Å². The van der Waals surface area contributed by atoms with Gasteiger partial charge in [-0.3, -0.25) is 4.79 Å². The van der Waals surface area contributed by atoms with E-state index in [1.807, 2.05) is 12.1 Å². The number of rotatable bonds is 9. The van der Waals surface area contributed by atoms with Crippen LogP contribution in [-0.2, 0) is 22.6 Å². The van der Waals surface area contributed by atoms with Crippen molar-refractivity contribution in [2.24, 2.45) is 0 Å². The standard InChI is InChI=1S/C35H27NO4/c1-3-33(38)40-28-19-24(18-27(20-28)39-22-23(2)21-37)16-17-36-31-14-12-25-8-4-6-10-29(25)34(31)35-30-11-7-5-9-26(30)13-15-32(35)36/h3-15,18-21H,1-2,16-17,22H2. The fraction of sp³-hybridized carbons (Fsp3) is 0.0857. The number of hydrogen-bond acceptors (Lipinski definition) is 4. The molecule has 1 heterocycles. The molecule has 0 aliphatic carbocycles. The molecular weight excluding hydrogens is 498 g/mol. The highest BCUT2D eigenvalue weighted by molar-refractivity contribution is 6.27. The second kappa shape index (κ2) is 10.5. The summed E-state index contributed by atoms with van der Waals surface area (Å²) in [6.45, 7) is 7.90. The van der Waals surface area contributed by atoms with Gasteiger partial charge in [0.2, 0.25) is 0 Å². The van der Waals surface area contributed by atoms with Crippen LogP contribution in [0.15, 0.2) is 116 Å². The van der Waals surface area contributed by atoms with Gasteiger partial charge in [0.25, 0.3) is 0 Å². The molecule has 0 aliphatic rings. The van der Waals surface area contributed by atoms with Crippen LogP contribution in [0, 0.1) is 0 Å². The van der Waals surface area contributed by atoms with Gasteiger partial charge in [-0.1, -0.05) is 73.8 Å². The van der Waals surface area contributed by atoms with Gasteiger partial charge in [-0.25, -0.2) is 4.79 Å². The maximum atomic E-state index is 11.9. The monoisotopic (exact) mass is 525 g/mol. The lowest BCUT2D eigenvalue weighted by molar-refractivity contribution is -0.128. The molecule has 0 N–H and O–H groups in total. The van der Waals surface area contributed by atoms with E-state index in [0.717, 1.165) is 22.7 Å². The molecule has 0 radical (unpaired) electrons. The third-order valence-electron chi connectivity index (χ3n) is 7.19. The Morgan fingerprint density at radius 1 is 0.800 bits per heavy atom. The highest BCUT2D eigenvalue weighted by atomic mass is 16.5. The van der Waals surface area contributed by atoms with E-state index in [2.05, 4.69) is 90.5 Å². The molecule has 0 atom stereocenters. The minimum Gasteiger partial charge on any atom is -0.489 e. The summed E-state index contributed by atoms with van der Waals surface area (Å²) in [7, 11) is 0. The van der Waals surface area contributed by atoms with Crippen LogP contribution in [0.1, 0.15) is 5.56 Å². The third kappa shape index (κ3) is 4.63. The van der Waals surface area contributed by atoms with Gasteiger partial charge < -0.3 is 14.0 Å². The summed E-state index contributed by atoms with van der Waals surface area (Å²) in [5.41, 5.74) is 3.58. The van der Waals surface area contributed by atoms with E-state index < -0.39 is 5.97 Å². The summed E-state index contributed by atoms with van der Waals surface area (Å²) in [4.78, 5) is 22.9. The molecule has 1 aromatic heterocycles. The van der Waals surface area contributed by atoms with Crippen LogP contribution >= 0.6 is 0 Å². The lowest BCUT2D eigenvalue weighted by Crippen LogP contribution is -2.07. The van der Waals surface area contributed by atoms with Crippen molar-refractivity contribution in [2.75, 3.05) is 6.61 Å². The molecule has 0 amide bonds. The molecule has 0 spiro atoms. The number of nitrogens with zero attached hydrogens (tertiary/aromatic N) is 1. The van der Waals surface area contributed by atoms with Gasteiger partial charge in [0, 0.05) is 46.1 Å². The lowest BCUT2D eigenvalue weighted by Gasteiger charge is -2.13. The molecule has 5 aromatic carbocycles. The predicted octanol–water partition coefficient (Wildman–Crippen LogP) is 7.57. The smallest absolute Gasteiger partial charge is 0.335 e. The van der Waals surface area contributed by atoms with Gasteiger partial charge in [0.1, 0.15) is 24.4 Å². The highest BCUT2D eigenvalue weighted by Crippen LogP contribution is 2.39. The molecule has 0 aliphatic heterocycles. The minimum absolute atomic E-state index is 0.0504. The Labute approximate surface area is 231 Å². The van der Waals surface area contributed by atoms with Crippen molar-refractivity contribution in [3.63, 3.8) is 0 Å². The Morgan fingerprint density at radius 3 is 2.00 bits per heavy atom. The number of hydrogen-bond donors (Lipinski definition) is 0. The quantitative estimate of drug-likeness (QED) is 0.0846. The molecule has 0 saturated carbocycles. The van der Waals surface area contributed by atoms with Crippen molar-refractivity contribution in [3.8, 4) is 11.5 Å². The highest BCUT2D eigenvalue weighted by Gasteiger charge is 2.16. The number of benzene rings is 5. The van der Waals surface area contributed by atoms with E-state index in [4.69, 9.17) is 9.47 Å². The van der Waals surface area contributed by atoms with Crippen molar-refractivity contribution in [1.29, 1.82) is 0 Å². The first-order valence-corrected chi connectivity index (χ1v) is 13.1. The van der Waals surface area contributed by atoms with Crippen LogP contribution in [0.25, 0.3) is 43.4 Å². The first kappa shape index (κ1) is 25.1. The van der Waals surface area contributed by atoms with Crippen molar-refractivity contribution < 1.29 is 19.1 Å². The molecule has 0 fully saturated rings. The fourth-order valence-electron chi connectivity index (χ4n) is 5.39. The normalized spacial score (nSPS) is 11.2. The average molecular weight is 526 g/mol. The van der Waals surface area contributed by atoms with Gasteiger partial charge >= 0.3 is 5.97 Å². The first-order valence-electron chi connectivity index (χ1n) is 13.1. The van der Waals surface area contributed by atoms with Crippen molar-refractivity contribution >= 4 is 55.6 Å². The maximum absolute atomic E-state index is 11.9. The van der Waals surface area contributed by atoms with Crippen molar-refractivity contribution in [2.45, 2.75) is 13.0 Å². The number of fused-ring (bicyclic) bond motifs is 7. The summed E-state index contributed by atoms with van der Waals surface area (Å²) >= 11 is 0. The second-order valence-electron chi connectivity index (χ2n) is 9.77. The van der Waals surface area contributed by atoms with Crippen LogP contribution in [0.2, 0.25) is 0 Å². The molecule has 40 heavy (non-hydrogen) atoms. The summed E-state index contributed by atoms with van der Waals surface area (Å²) < 4.78 is 13.6. The van der Waals surface area contributed by atoms with Gasteiger partial charge in [0.05, 0.1) is 0 Å². The fourth-order valence-corrected chi connectivity index (χ4v) is 5.39. The third-order valence-corrected chi connectivity index (χ3v) is 7.19. The van der Waals surface area contributed by atoms with Crippen LogP contribution in [0.4, 0.5) is 0 Å². The Balaban J connectivity index is 1.46. The number of ether oxygens (including phenoxy) is 2. The van der Waals surface area contributed by atoms with Crippen molar-refractivity contribution in [1.82, 2.24) is 4.57 Å². The topological polar surface area (TPSA) is 57.5 Å². The zero-order valence-corrected chi connectivity index (χ0v) is 21.9. The lowest BCUT2D eigenvalue weighted by atomic mass is 10.00. The van der Waals surface area contributed by atoms with Gasteiger partial charge in [-0.2, -0.15) is 0 Å². The van der Waals surface area contributed by atoms with Crippen LogP contribution in [-0.4, -0.2) is 23.4 Å². The van der Waals surface area contributed by atoms with E-state index in [0.29, 0.717) is 36.3 Å². The number of esters is 1. The van der Waals surface area contributed by atoms with E-state index in [1.165, 1.54) is 32.3 Å². The number of aromatic nitrogens is 1. The van der Waals surface area contributed by atoms with Crippen LogP contribution in [0.5, 0.6) is 11.5 Å². The van der Waals surface area contributed by atoms with Crippen LogP contribution in [0.3, 0.4) is 0 Å². The SMILES string of the molecule is C=CC(=O)Oc1cc(CCn2c3ccc4ccccc4c3c3c4ccccc4ccc32)cc(OCC(=C)C=O)c1. The molecule has 6 aromatic rings. The summed E-state index contributed by atoms with van der Waals surface area (Å²) in [5, 5.41) is 7.36. The van der Waals surface area contributed by atoms with E-state index in [9.17, 15) is 9.59 Å². The second-order valence-corrected chi connectivity index (χ2v) is 9.77. The van der Waals surface area contributed by atoms with Crippen LogP contribution < -0.4 is 9.47 Å². The largest absolute Gasteiger partial charge is 0.489 e. The molecule has 5 heteroatoms. The molecule has 0 unspecified atom stereocenters. The van der Waals surface area contributed by atoms with Gasteiger partial charge in [0.15, 0.2) is 0 Å². The number of aryl methyl sites for hydroxylation is 2. The maximum Gasteiger partial charge on any atom is 0.335 e. The number of aldehydes is 1. The zero-order chi connectivity index (χ0) is 27.6. The molecular formula is C35H27NO4. The predicted molar refractivity (Wildman–Crippen MR) is 161 cm³/mol. The Hall–Kier alpha value is -5.16. The van der Waals surface area contributed by atoms with E-state index in [-0.39, 0.29) is 6.61 Å². The molecule has 6 rings (SSSR count). The van der Waals surface area contributed by atoms with Gasteiger partial charge in [-0.05, 0) is 57.8 Å². The van der Waals surface area contributed by atoms with Crippen molar-refractivity contribution in [3.05, 3.63) is 121 Å². The molecule has 196 valence electrons. The average Bonchev–Trinajstić information content (AvgIpc) is 3.33. The molecule has 0 bridgehead atoms. The summed E-state index contributed by atoms with van der Waals surface area (Å²) in [6, 6.07) is 31.1. The summed E-state index contributed by atoms with van der Waals surface area (Å²) in [6.07, 6.45) is 2.44. The Bertz CT molecular complexity index is 1870. The number of carbonyl (C=O) groups is 2. The Kier molecular flexibility index (Phi) is 6.62. The first-order chi connectivity index (χ1) is 19.6.